The molecule has 0 amide bonds. The van der Waals surface area contributed by atoms with E-state index in [1.54, 1.807) is 24.3 Å². The number of piperazine rings is 1. The summed E-state index contributed by atoms with van der Waals surface area (Å²) in [7, 11) is 0. The Labute approximate surface area is 164 Å². The zero-order valence-corrected chi connectivity index (χ0v) is 16.0. The van der Waals surface area contributed by atoms with Crippen molar-refractivity contribution in [3.05, 3.63) is 65.2 Å². The van der Waals surface area contributed by atoms with E-state index in [2.05, 4.69) is 20.1 Å². The van der Waals surface area contributed by atoms with E-state index < -0.39 is 5.82 Å². The summed E-state index contributed by atoms with van der Waals surface area (Å²) in [6, 6.07) is 11.3. The zero-order chi connectivity index (χ0) is 19.9. The number of aliphatic imine (C=N–C) groups is 1. The molecule has 2 aromatic carbocycles. The number of aliphatic hydroxyl groups is 1. The monoisotopic (exact) mass is 388 g/mol. The first kappa shape index (κ1) is 20.1. The lowest BCUT2D eigenvalue weighted by Gasteiger charge is -2.37. The van der Waals surface area contributed by atoms with Crippen molar-refractivity contribution in [2.75, 3.05) is 37.6 Å². The maximum atomic E-state index is 13.5. The lowest BCUT2D eigenvalue weighted by molar-refractivity contribution is 0.275. The van der Waals surface area contributed by atoms with Crippen LogP contribution in [0.25, 0.3) is 0 Å². The fraction of sp³-hybridized carbons (Fsp3) is 0.381. The van der Waals surface area contributed by atoms with Crippen molar-refractivity contribution < 1.29 is 13.9 Å². The summed E-state index contributed by atoms with van der Waals surface area (Å²) in [4.78, 5) is 9.10. The lowest BCUT2D eigenvalue weighted by Crippen LogP contribution is -2.52. The summed E-state index contributed by atoms with van der Waals surface area (Å²) in [5.41, 5.74) is 2.15. The molecule has 0 aromatic heterocycles. The van der Waals surface area contributed by atoms with Gasteiger partial charge < -0.3 is 20.2 Å². The van der Waals surface area contributed by atoms with Crippen molar-refractivity contribution in [3.63, 3.8) is 0 Å². The second-order valence-corrected chi connectivity index (χ2v) is 6.70. The van der Waals surface area contributed by atoms with Crippen LogP contribution in [0.4, 0.5) is 14.5 Å². The van der Waals surface area contributed by atoms with Gasteiger partial charge in [0.15, 0.2) is 5.96 Å². The first-order valence-corrected chi connectivity index (χ1v) is 9.52. The van der Waals surface area contributed by atoms with Gasteiger partial charge in [-0.25, -0.2) is 13.8 Å². The number of hydrogen-bond acceptors (Lipinski definition) is 3. The van der Waals surface area contributed by atoms with E-state index in [0.717, 1.165) is 49.9 Å². The summed E-state index contributed by atoms with van der Waals surface area (Å²) >= 11 is 0. The van der Waals surface area contributed by atoms with Gasteiger partial charge in [-0.15, -0.1) is 0 Å². The second kappa shape index (κ2) is 9.50. The smallest absolute Gasteiger partial charge is 0.194 e. The molecule has 2 aromatic rings. The van der Waals surface area contributed by atoms with Crippen molar-refractivity contribution in [1.29, 1.82) is 0 Å². The number of nitrogens with one attached hydrogen (secondary N) is 1. The summed E-state index contributed by atoms with van der Waals surface area (Å²) in [6.45, 7) is 6.10. The highest BCUT2D eigenvalue weighted by atomic mass is 19.1. The highest BCUT2D eigenvalue weighted by Crippen LogP contribution is 2.17. The summed E-state index contributed by atoms with van der Waals surface area (Å²) in [5.74, 6) is 0.185. The topological polar surface area (TPSA) is 51.1 Å². The molecule has 1 saturated heterocycles. The molecule has 3 rings (SSSR count). The Morgan fingerprint density at radius 3 is 2.43 bits per heavy atom. The number of benzene rings is 2. The van der Waals surface area contributed by atoms with Gasteiger partial charge in [0, 0.05) is 44.0 Å². The minimum Gasteiger partial charge on any atom is -0.392 e. The number of guanidine groups is 1. The Kier molecular flexibility index (Phi) is 6.81. The third-order valence-electron chi connectivity index (χ3n) is 4.80. The summed E-state index contributed by atoms with van der Waals surface area (Å²) < 4.78 is 26.7. The lowest BCUT2D eigenvalue weighted by atomic mass is 10.1. The number of nitrogens with zero attached hydrogens (tertiary/aromatic N) is 3. The van der Waals surface area contributed by atoms with E-state index in [9.17, 15) is 13.9 Å². The summed E-state index contributed by atoms with van der Waals surface area (Å²) in [5, 5.41) is 12.5. The first-order chi connectivity index (χ1) is 13.6. The van der Waals surface area contributed by atoms with Crippen LogP contribution >= 0.6 is 0 Å². The van der Waals surface area contributed by atoms with Gasteiger partial charge in [0.2, 0.25) is 0 Å². The van der Waals surface area contributed by atoms with Gasteiger partial charge >= 0.3 is 0 Å². The highest BCUT2D eigenvalue weighted by molar-refractivity contribution is 5.80. The minimum atomic E-state index is -0.404. The van der Waals surface area contributed by atoms with Crippen molar-refractivity contribution in [2.45, 2.75) is 20.1 Å². The molecule has 0 spiro atoms. The standard InChI is InChI=1S/C21H26F2N4O/c1-2-24-21(25-14-16-3-8-20(23)17(13-16)15-28)27-11-9-26(10-12-27)19-6-4-18(22)5-7-19/h3-8,13,28H,2,9-12,14-15H2,1H3,(H,24,25). The molecule has 150 valence electrons. The predicted molar refractivity (Wildman–Crippen MR) is 107 cm³/mol. The molecular formula is C21H26F2N4O. The Morgan fingerprint density at radius 2 is 1.79 bits per heavy atom. The average Bonchev–Trinajstić information content (AvgIpc) is 2.73. The van der Waals surface area contributed by atoms with Crippen LogP contribution in [0, 0.1) is 11.6 Å². The Hall–Kier alpha value is -2.67. The number of rotatable bonds is 5. The van der Waals surface area contributed by atoms with Crippen molar-refractivity contribution in [1.82, 2.24) is 10.2 Å². The van der Waals surface area contributed by atoms with Gasteiger partial charge in [0.1, 0.15) is 11.6 Å². The SMILES string of the molecule is CCNC(=NCc1ccc(F)c(CO)c1)N1CCN(c2ccc(F)cc2)CC1. The van der Waals surface area contributed by atoms with Gasteiger partial charge in [0.05, 0.1) is 13.2 Å². The molecule has 0 atom stereocenters. The molecule has 1 fully saturated rings. The van der Waals surface area contributed by atoms with E-state index in [1.165, 1.54) is 18.2 Å². The van der Waals surface area contributed by atoms with Crippen LogP contribution in [-0.2, 0) is 13.2 Å². The largest absolute Gasteiger partial charge is 0.392 e. The second-order valence-electron chi connectivity index (χ2n) is 6.70. The molecule has 0 aliphatic carbocycles. The van der Waals surface area contributed by atoms with E-state index in [0.29, 0.717) is 6.54 Å². The van der Waals surface area contributed by atoms with Crippen LogP contribution < -0.4 is 10.2 Å². The van der Waals surface area contributed by atoms with Gasteiger partial charge in [-0.1, -0.05) is 6.07 Å². The molecule has 0 bridgehead atoms. The van der Waals surface area contributed by atoms with Gasteiger partial charge in [-0.3, -0.25) is 0 Å². The van der Waals surface area contributed by atoms with Gasteiger partial charge in [-0.2, -0.15) is 0 Å². The van der Waals surface area contributed by atoms with E-state index in [-0.39, 0.29) is 18.0 Å². The van der Waals surface area contributed by atoms with Crippen LogP contribution in [0.15, 0.2) is 47.5 Å². The molecule has 1 heterocycles. The molecule has 0 unspecified atom stereocenters. The molecule has 5 nitrogen and oxygen atoms in total. The van der Waals surface area contributed by atoms with E-state index >= 15 is 0 Å². The number of hydrogen-bond donors (Lipinski definition) is 2. The Morgan fingerprint density at radius 1 is 1.07 bits per heavy atom. The highest BCUT2D eigenvalue weighted by Gasteiger charge is 2.20. The maximum Gasteiger partial charge on any atom is 0.194 e. The first-order valence-electron chi connectivity index (χ1n) is 9.52. The molecule has 28 heavy (non-hydrogen) atoms. The molecule has 7 heteroatoms. The van der Waals surface area contributed by atoms with Crippen LogP contribution in [-0.4, -0.2) is 48.7 Å². The molecule has 1 aliphatic heterocycles. The molecule has 1 aliphatic rings. The van der Waals surface area contributed by atoms with Crippen molar-refractivity contribution in [2.24, 2.45) is 4.99 Å². The normalized spacial score (nSPS) is 15.1. The molecule has 0 saturated carbocycles. The van der Waals surface area contributed by atoms with Crippen LogP contribution in [0.3, 0.4) is 0 Å². The van der Waals surface area contributed by atoms with Gasteiger partial charge in [-0.05, 0) is 48.9 Å². The minimum absolute atomic E-state index is 0.228. The molecule has 2 N–H and O–H groups in total. The quantitative estimate of drug-likeness (QED) is 0.611. The maximum absolute atomic E-state index is 13.5. The van der Waals surface area contributed by atoms with Gasteiger partial charge in [0.25, 0.3) is 0 Å². The summed E-state index contributed by atoms with van der Waals surface area (Å²) in [6.07, 6.45) is 0. The fourth-order valence-electron chi connectivity index (χ4n) is 3.27. The van der Waals surface area contributed by atoms with Crippen molar-refractivity contribution >= 4 is 11.6 Å². The van der Waals surface area contributed by atoms with E-state index in [4.69, 9.17) is 0 Å². The number of aliphatic hydroxyl groups excluding tert-OH is 1. The third kappa shape index (κ3) is 4.98. The fourth-order valence-corrected chi connectivity index (χ4v) is 3.27. The Balaban J connectivity index is 1.64. The van der Waals surface area contributed by atoms with Crippen LogP contribution in [0.2, 0.25) is 0 Å². The number of halogens is 2. The Bertz CT molecular complexity index is 803. The molecular weight excluding hydrogens is 362 g/mol. The van der Waals surface area contributed by atoms with E-state index in [1.807, 2.05) is 6.92 Å². The van der Waals surface area contributed by atoms with Crippen LogP contribution in [0.5, 0.6) is 0 Å². The van der Waals surface area contributed by atoms with Crippen molar-refractivity contribution in [3.8, 4) is 0 Å². The molecule has 0 radical (unpaired) electrons. The number of anilines is 1. The average molecular weight is 388 g/mol. The third-order valence-corrected chi connectivity index (χ3v) is 4.80. The van der Waals surface area contributed by atoms with Crippen LogP contribution in [0.1, 0.15) is 18.1 Å². The zero-order valence-electron chi connectivity index (χ0n) is 16.0. The predicted octanol–water partition coefficient (Wildman–Crippen LogP) is 2.74.